The Kier molecular flexibility index (Phi) is 12.6. The SMILES string of the molecule is CSCCC(NC(=O)C(CO)NC(=O)C(Cc1ccccc1)NC(=O)C(N)CC(=O)O)C(=O)O. The lowest BCUT2D eigenvalue weighted by molar-refractivity contribution is -0.142. The van der Waals surface area contributed by atoms with Crippen LogP contribution in [-0.2, 0) is 30.4 Å². The summed E-state index contributed by atoms with van der Waals surface area (Å²) in [5, 5.41) is 34.7. The maximum atomic E-state index is 12.9. The van der Waals surface area contributed by atoms with Crippen LogP contribution in [0.5, 0.6) is 0 Å². The van der Waals surface area contributed by atoms with Crippen LogP contribution in [-0.4, -0.2) is 87.8 Å². The normalized spacial score (nSPS) is 14.2. The fraction of sp³-hybridized carbons (Fsp3) is 0.476. The third-order valence-electron chi connectivity index (χ3n) is 4.69. The number of nitrogens with two attached hydrogens (primary N) is 1. The second-order valence-electron chi connectivity index (χ2n) is 7.38. The number of carboxylic acids is 2. The van der Waals surface area contributed by atoms with Crippen molar-refractivity contribution in [2.45, 2.75) is 43.4 Å². The number of carboxylic acid groups (broad SMARTS) is 2. The Hall–Kier alpha value is -3.16. The summed E-state index contributed by atoms with van der Waals surface area (Å²) < 4.78 is 0. The van der Waals surface area contributed by atoms with E-state index in [0.717, 1.165) is 0 Å². The first kappa shape index (κ1) is 28.9. The molecular formula is C21H30N4O8S. The zero-order valence-electron chi connectivity index (χ0n) is 18.6. The van der Waals surface area contributed by atoms with Gasteiger partial charge in [0.05, 0.1) is 19.1 Å². The van der Waals surface area contributed by atoms with E-state index in [0.29, 0.717) is 11.3 Å². The standard InChI is InChI=1S/C21H30N4O8S/c1-34-8-7-14(21(32)33)23-20(31)16(11-26)25-19(30)15(9-12-5-3-2-4-6-12)24-18(29)13(22)10-17(27)28/h2-6,13-16,26H,7-11,22H2,1H3,(H,23,31)(H,24,29)(H,25,30)(H,27,28)(H,32,33). The number of aliphatic hydroxyl groups is 1. The lowest BCUT2D eigenvalue weighted by Gasteiger charge is -2.24. The van der Waals surface area contributed by atoms with Gasteiger partial charge in [-0.05, 0) is 24.0 Å². The van der Waals surface area contributed by atoms with Crippen molar-refractivity contribution in [1.82, 2.24) is 16.0 Å². The first-order valence-corrected chi connectivity index (χ1v) is 11.7. The van der Waals surface area contributed by atoms with Gasteiger partial charge < -0.3 is 37.0 Å². The molecule has 0 aliphatic heterocycles. The van der Waals surface area contributed by atoms with Crippen molar-refractivity contribution in [3.8, 4) is 0 Å². The van der Waals surface area contributed by atoms with Gasteiger partial charge in [0.25, 0.3) is 0 Å². The molecule has 0 saturated heterocycles. The number of rotatable bonds is 15. The van der Waals surface area contributed by atoms with Crippen LogP contribution in [0.1, 0.15) is 18.4 Å². The molecule has 0 saturated carbocycles. The van der Waals surface area contributed by atoms with Crippen LogP contribution in [0, 0.1) is 0 Å². The van der Waals surface area contributed by atoms with Crippen molar-refractivity contribution >= 4 is 41.4 Å². The number of carbonyl (C=O) groups excluding carboxylic acids is 3. The Morgan fingerprint density at radius 2 is 1.47 bits per heavy atom. The molecule has 3 amide bonds. The van der Waals surface area contributed by atoms with Gasteiger partial charge in [-0.2, -0.15) is 11.8 Å². The number of amides is 3. The average molecular weight is 499 g/mol. The van der Waals surface area contributed by atoms with E-state index in [1.54, 1.807) is 36.6 Å². The van der Waals surface area contributed by atoms with Crippen LogP contribution in [0.25, 0.3) is 0 Å². The number of aliphatic carboxylic acids is 2. The first-order chi connectivity index (χ1) is 16.1. The third kappa shape index (κ3) is 10.2. The Morgan fingerprint density at radius 1 is 0.912 bits per heavy atom. The van der Waals surface area contributed by atoms with Gasteiger partial charge in [0.1, 0.15) is 18.1 Å². The van der Waals surface area contributed by atoms with Gasteiger partial charge in [-0.3, -0.25) is 19.2 Å². The topological polar surface area (TPSA) is 208 Å². The highest BCUT2D eigenvalue weighted by Gasteiger charge is 2.30. The van der Waals surface area contributed by atoms with Gasteiger partial charge in [0.15, 0.2) is 0 Å². The average Bonchev–Trinajstić information content (AvgIpc) is 2.79. The monoisotopic (exact) mass is 498 g/mol. The quantitative estimate of drug-likeness (QED) is 0.146. The predicted octanol–water partition coefficient (Wildman–Crippen LogP) is -1.68. The highest BCUT2D eigenvalue weighted by molar-refractivity contribution is 7.98. The van der Waals surface area contributed by atoms with Gasteiger partial charge >= 0.3 is 11.9 Å². The van der Waals surface area contributed by atoms with Crippen LogP contribution in [0.3, 0.4) is 0 Å². The molecule has 1 aromatic carbocycles. The third-order valence-corrected chi connectivity index (χ3v) is 5.33. The van der Waals surface area contributed by atoms with Gasteiger partial charge in [0, 0.05) is 6.42 Å². The number of aliphatic hydroxyl groups excluding tert-OH is 1. The van der Waals surface area contributed by atoms with Crippen LogP contribution in [0.15, 0.2) is 30.3 Å². The van der Waals surface area contributed by atoms with E-state index in [2.05, 4.69) is 16.0 Å². The summed E-state index contributed by atoms with van der Waals surface area (Å²) in [7, 11) is 0. The lowest BCUT2D eigenvalue weighted by Crippen LogP contribution is -2.58. The molecule has 13 heteroatoms. The van der Waals surface area contributed by atoms with Crippen LogP contribution in [0.4, 0.5) is 0 Å². The zero-order valence-corrected chi connectivity index (χ0v) is 19.4. The smallest absolute Gasteiger partial charge is 0.326 e. The van der Waals surface area contributed by atoms with E-state index < -0.39 is 66.9 Å². The first-order valence-electron chi connectivity index (χ1n) is 10.3. The van der Waals surface area contributed by atoms with Crippen molar-refractivity contribution in [1.29, 1.82) is 0 Å². The molecule has 4 atom stereocenters. The number of hydrogen-bond donors (Lipinski definition) is 7. The van der Waals surface area contributed by atoms with Crippen molar-refractivity contribution in [3.63, 3.8) is 0 Å². The lowest BCUT2D eigenvalue weighted by atomic mass is 10.0. The van der Waals surface area contributed by atoms with E-state index in [1.807, 2.05) is 0 Å². The number of nitrogens with one attached hydrogen (secondary N) is 3. The molecule has 0 aromatic heterocycles. The molecule has 0 aliphatic carbocycles. The van der Waals surface area contributed by atoms with Gasteiger partial charge in [-0.15, -0.1) is 0 Å². The molecule has 1 aromatic rings. The molecular weight excluding hydrogens is 468 g/mol. The largest absolute Gasteiger partial charge is 0.481 e. The highest BCUT2D eigenvalue weighted by Crippen LogP contribution is 2.06. The molecule has 8 N–H and O–H groups in total. The van der Waals surface area contributed by atoms with Crippen LogP contribution in [0.2, 0.25) is 0 Å². The Balaban J connectivity index is 2.96. The molecule has 0 heterocycles. The molecule has 188 valence electrons. The molecule has 0 aliphatic rings. The minimum Gasteiger partial charge on any atom is -0.481 e. The van der Waals surface area contributed by atoms with Crippen molar-refractivity contribution < 1.29 is 39.3 Å². The maximum Gasteiger partial charge on any atom is 0.326 e. The van der Waals surface area contributed by atoms with Crippen molar-refractivity contribution in [3.05, 3.63) is 35.9 Å². The minimum absolute atomic E-state index is 0.0105. The van der Waals surface area contributed by atoms with Crippen LogP contribution >= 0.6 is 11.8 Å². The van der Waals surface area contributed by atoms with Crippen LogP contribution < -0.4 is 21.7 Å². The second kappa shape index (κ2) is 14.9. The summed E-state index contributed by atoms with van der Waals surface area (Å²) in [6.45, 7) is -0.822. The Morgan fingerprint density at radius 3 is 2.00 bits per heavy atom. The summed E-state index contributed by atoms with van der Waals surface area (Å²) in [6, 6.07) is 3.23. The van der Waals surface area contributed by atoms with E-state index in [-0.39, 0.29) is 12.8 Å². The maximum absolute atomic E-state index is 12.9. The summed E-state index contributed by atoms with van der Waals surface area (Å²) in [6.07, 6.45) is 1.26. The van der Waals surface area contributed by atoms with Gasteiger partial charge in [-0.1, -0.05) is 30.3 Å². The fourth-order valence-corrected chi connectivity index (χ4v) is 3.32. The van der Waals surface area contributed by atoms with Crippen molar-refractivity contribution in [2.75, 3.05) is 18.6 Å². The summed E-state index contributed by atoms with van der Waals surface area (Å²) in [5.74, 6) is -4.71. The fourth-order valence-electron chi connectivity index (χ4n) is 2.85. The summed E-state index contributed by atoms with van der Waals surface area (Å²) >= 11 is 1.39. The van der Waals surface area contributed by atoms with E-state index in [4.69, 9.17) is 10.8 Å². The summed E-state index contributed by atoms with van der Waals surface area (Å²) in [4.78, 5) is 59.9. The van der Waals surface area contributed by atoms with Crippen molar-refractivity contribution in [2.24, 2.45) is 5.73 Å². The second-order valence-corrected chi connectivity index (χ2v) is 8.37. The molecule has 0 spiro atoms. The molecule has 12 nitrogen and oxygen atoms in total. The molecule has 0 fully saturated rings. The molecule has 0 radical (unpaired) electrons. The number of hydrogen-bond acceptors (Lipinski definition) is 8. The Bertz CT molecular complexity index is 854. The zero-order chi connectivity index (χ0) is 25.7. The molecule has 4 unspecified atom stereocenters. The number of carbonyl (C=O) groups is 5. The molecule has 1 rings (SSSR count). The predicted molar refractivity (Wildman–Crippen MR) is 124 cm³/mol. The summed E-state index contributed by atoms with van der Waals surface area (Å²) in [5.41, 5.74) is 6.23. The van der Waals surface area contributed by atoms with E-state index in [1.165, 1.54) is 11.8 Å². The molecule has 0 bridgehead atoms. The molecule has 34 heavy (non-hydrogen) atoms. The number of thioether (sulfide) groups is 1. The van der Waals surface area contributed by atoms with E-state index >= 15 is 0 Å². The van der Waals surface area contributed by atoms with E-state index in [9.17, 15) is 34.2 Å². The van der Waals surface area contributed by atoms with Gasteiger partial charge in [0.2, 0.25) is 17.7 Å². The van der Waals surface area contributed by atoms with Gasteiger partial charge in [-0.25, -0.2) is 4.79 Å². The number of benzene rings is 1. The Labute approximate surface area is 200 Å². The minimum atomic E-state index is -1.48. The highest BCUT2D eigenvalue weighted by atomic mass is 32.2.